The van der Waals surface area contributed by atoms with E-state index in [1.807, 2.05) is 0 Å². The minimum atomic E-state index is -3.71. The van der Waals surface area contributed by atoms with Crippen LogP contribution in [-0.2, 0) is 14.8 Å². The van der Waals surface area contributed by atoms with Crippen LogP contribution in [0.1, 0.15) is 27.8 Å². The van der Waals surface area contributed by atoms with Crippen LogP contribution in [0.2, 0.25) is 0 Å². The fourth-order valence-electron chi connectivity index (χ4n) is 2.30. The number of hydrogen-bond donors (Lipinski definition) is 2. The van der Waals surface area contributed by atoms with Gasteiger partial charge in [0.25, 0.3) is 15.9 Å². The van der Waals surface area contributed by atoms with Crippen molar-refractivity contribution in [3.05, 3.63) is 71.2 Å². The number of nitrogens with one attached hydrogen (secondary N) is 2. The molecule has 2 aromatic carbocycles. The molecule has 8 nitrogen and oxygen atoms in total. The molecule has 0 aliphatic rings. The lowest BCUT2D eigenvalue weighted by molar-refractivity contribution is 0.0520. The fraction of sp³-hybridized carbons (Fsp3) is 0.105. The molecule has 0 aliphatic carbocycles. The van der Waals surface area contributed by atoms with Crippen LogP contribution in [0.25, 0.3) is 0 Å². The first kappa shape index (κ1) is 20.5. The summed E-state index contributed by atoms with van der Waals surface area (Å²) in [6, 6.07) is 13.9. The molecule has 1 amide bonds. The molecule has 1 aromatic heterocycles. The summed E-state index contributed by atoms with van der Waals surface area (Å²) in [5.41, 5.74) is 0.752. The van der Waals surface area contributed by atoms with Crippen molar-refractivity contribution in [2.24, 2.45) is 0 Å². The molecule has 0 saturated carbocycles. The number of amides is 1. The molecule has 0 atom stereocenters. The Labute approximate surface area is 171 Å². The van der Waals surface area contributed by atoms with Crippen LogP contribution in [0.5, 0.6) is 0 Å². The number of hydrogen-bond acceptors (Lipinski definition) is 7. The Morgan fingerprint density at radius 2 is 1.76 bits per heavy atom. The quantitative estimate of drug-likeness (QED) is 0.554. The number of carbonyl (C=O) groups excluding carboxylic acids is 2. The summed E-state index contributed by atoms with van der Waals surface area (Å²) < 4.78 is 32.0. The standard InChI is InChI=1S/C19H17N3O5S2/c1-2-27-18(24)16-12-28-19(20-16)21-17(23)13-8-10-14(11-9-13)22-29(25,26)15-6-4-3-5-7-15/h3-12,22H,2H2,1H3,(H,20,21,23). The maximum absolute atomic E-state index is 12.3. The molecule has 0 radical (unpaired) electrons. The molecule has 0 aliphatic heterocycles. The van der Waals surface area contributed by atoms with Gasteiger partial charge in [-0.2, -0.15) is 0 Å². The number of nitrogens with zero attached hydrogens (tertiary/aromatic N) is 1. The van der Waals surface area contributed by atoms with Gasteiger partial charge in [-0.05, 0) is 43.3 Å². The molecular weight excluding hydrogens is 414 g/mol. The SMILES string of the molecule is CCOC(=O)c1csc(NC(=O)c2ccc(NS(=O)(=O)c3ccccc3)cc2)n1. The average molecular weight is 431 g/mol. The fourth-order valence-corrected chi connectivity index (χ4v) is 4.06. The predicted molar refractivity (Wildman–Crippen MR) is 110 cm³/mol. The maximum atomic E-state index is 12.3. The molecule has 1 heterocycles. The molecule has 0 saturated heterocycles. The van der Waals surface area contributed by atoms with E-state index in [2.05, 4.69) is 15.0 Å². The molecular formula is C19H17N3O5S2. The van der Waals surface area contributed by atoms with E-state index in [0.717, 1.165) is 11.3 Å². The molecule has 150 valence electrons. The Hall–Kier alpha value is -3.24. The first-order chi connectivity index (χ1) is 13.9. The molecule has 0 bridgehead atoms. The van der Waals surface area contributed by atoms with Gasteiger partial charge in [0.15, 0.2) is 10.8 Å². The lowest BCUT2D eigenvalue weighted by Gasteiger charge is -2.08. The molecule has 0 unspecified atom stereocenters. The van der Waals surface area contributed by atoms with Crippen molar-refractivity contribution in [3.8, 4) is 0 Å². The lowest BCUT2D eigenvalue weighted by Crippen LogP contribution is -2.14. The number of carbonyl (C=O) groups is 2. The Bertz CT molecular complexity index is 1110. The summed E-state index contributed by atoms with van der Waals surface area (Å²) in [5.74, 6) is -0.994. The van der Waals surface area contributed by atoms with Crippen molar-refractivity contribution < 1.29 is 22.7 Å². The smallest absolute Gasteiger partial charge is 0.357 e. The summed E-state index contributed by atoms with van der Waals surface area (Å²) in [6.45, 7) is 1.93. The summed E-state index contributed by atoms with van der Waals surface area (Å²) >= 11 is 1.10. The van der Waals surface area contributed by atoms with Crippen LogP contribution in [0.4, 0.5) is 10.8 Å². The van der Waals surface area contributed by atoms with Crippen LogP contribution in [-0.4, -0.2) is 31.9 Å². The van der Waals surface area contributed by atoms with Gasteiger partial charge in [0.1, 0.15) is 0 Å². The van der Waals surface area contributed by atoms with Crippen molar-refractivity contribution in [1.29, 1.82) is 0 Å². The maximum Gasteiger partial charge on any atom is 0.357 e. The Balaban J connectivity index is 1.65. The highest BCUT2D eigenvalue weighted by molar-refractivity contribution is 7.92. The first-order valence-electron chi connectivity index (χ1n) is 8.51. The Morgan fingerprint density at radius 1 is 1.07 bits per heavy atom. The molecule has 10 heteroatoms. The van der Waals surface area contributed by atoms with E-state index < -0.39 is 21.9 Å². The van der Waals surface area contributed by atoms with Gasteiger partial charge in [0.05, 0.1) is 11.5 Å². The molecule has 3 aromatic rings. The zero-order valence-corrected chi connectivity index (χ0v) is 16.9. The van der Waals surface area contributed by atoms with Gasteiger partial charge < -0.3 is 4.74 Å². The van der Waals surface area contributed by atoms with Crippen molar-refractivity contribution in [3.63, 3.8) is 0 Å². The number of rotatable bonds is 7. The van der Waals surface area contributed by atoms with Gasteiger partial charge in [-0.1, -0.05) is 18.2 Å². The van der Waals surface area contributed by atoms with Gasteiger partial charge in [0, 0.05) is 16.6 Å². The van der Waals surface area contributed by atoms with E-state index >= 15 is 0 Å². The number of esters is 1. The molecule has 29 heavy (non-hydrogen) atoms. The Kier molecular flexibility index (Phi) is 6.25. The van der Waals surface area contributed by atoms with Crippen molar-refractivity contribution in [1.82, 2.24) is 4.98 Å². The molecule has 0 fully saturated rings. The van der Waals surface area contributed by atoms with E-state index in [1.165, 1.54) is 41.8 Å². The molecule has 0 spiro atoms. The molecule has 3 rings (SSSR count). The average Bonchev–Trinajstić information content (AvgIpc) is 3.18. The summed E-state index contributed by atoms with van der Waals surface area (Å²) in [4.78, 5) is 28.1. The highest BCUT2D eigenvalue weighted by Crippen LogP contribution is 2.19. The van der Waals surface area contributed by atoms with E-state index in [9.17, 15) is 18.0 Å². The number of anilines is 2. The number of aromatic nitrogens is 1. The van der Waals surface area contributed by atoms with Crippen molar-refractivity contribution >= 4 is 44.1 Å². The Morgan fingerprint density at radius 3 is 2.41 bits per heavy atom. The van der Waals surface area contributed by atoms with Gasteiger partial charge in [-0.3, -0.25) is 14.8 Å². The van der Waals surface area contributed by atoms with Gasteiger partial charge in [0.2, 0.25) is 0 Å². The second-order valence-corrected chi connectivity index (χ2v) is 8.25. The molecule has 2 N–H and O–H groups in total. The largest absolute Gasteiger partial charge is 0.461 e. The van der Waals surface area contributed by atoms with Gasteiger partial charge in [-0.15, -0.1) is 11.3 Å². The number of benzene rings is 2. The zero-order chi connectivity index (χ0) is 20.9. The van der Waals surface area contributed by atoms with Crippen LogP contribution in [0.15, 0.2) is 64.9 Å². The predicted octanol–water partition coefficient (Wildman–Crippen LogP) is 3.37. The third-order valence-electron chi connectivity index (χ3n) is 3.66. The topological polar surface area (TPSA) is 114 Å². The number of sulfonamides is 1. The van der Waals surface area contributed by atoms with E-state index in [1.54, 1.807) is 25.1 Å². The highest BCUT2D eigenvalue weighted by atomic mass is 32.2. The minimum absolute atomic E-state index is 0.123. The zero-order valence-electron chi connectivity index (χ0n) is 15.3. The van der Waals surface area contributed by atoms with Crippen LogP contribution in [0.3, 0.4) is 0 Å². The van der Waals surface area contributed by atoms with E-state index in [0.29, 0.717) is 11.3 Å². The van der Waals surface area contributed by atoms with Crippen LogP contribution < -0.4 is 10.0 Å². The second kappa shape index (κ2) is 8.84. The number of ether oxygens (including phenoxy) is 1. The van der Waals surface area contributed by atoms with Gasteiger partial charge in [-0.25, -0.2) is 18.2 Å². The summed E-state index contributed by atoms with van der Waals surface area (Å²) in [5, 5.41) is 4.34. The lowest BCUT2D eigenvalue weighted by atomic mass is 10.2. The van der Waals surface area contributed by atoms with Crippen LogP contribution in [0, 0.1) is 0 Å². The minimum Gasteiger partial charge on any atom is -0.461 e. The first-order valence-corrected chi connectivity index (χ1v) is 10.9. The highest BCUT2D eigenvalue weighted by Gasteiger charge is 2.16. The third kappa shape index (κ3) is 5.18. The van der Waals surface area contributed by atoms with E-state index in [4.69, 9.17) is 4.74 Å². The summed E-state index contributed by atoms with van der Waals surface area (Å²) in [6.07, 6.45) is 0. The normalized spacial score (nSPS) is 10.9. The third-order valence-corrected chi connectivity index (χ3v) is 5.82. The number of thiazole rings is 1. The van der Waals surface area contributed by atoms with Gasteiger partial charge >= 0.3 is 5.97 Å². The van der Waals surface area contributed by atoms with E-state index in [-0.39, 0.29) is 22.3 Å². The summed E-state index contributed by atoms with van der Waals surface area (Å²) in [7, 11) is -3.71. The van der Waals surface area contributed by atoms with Crippen LogP contribution >= 0.6 is 11.3 Å². The monoisotopic (exact) mass is 431 g/mol. The second-order valence-electron chi connectivity index (χ2n) is 5.71. The van der Waals surface area contributed by atoms with Crippen molar-refractivity contribution in [2.75, 3.05) is 16.6 Å². The van der Waals surface area contributed by atoms with Crippen molar-refractivity contribution in [2.45, 2.75) is 11.8 Å².